The van der Waals surface area contributed by atoms with Crippen molar-refractivity contribution in [2.24, 2.45) is 4.99 Å². The van der Waals surface area contributed by atoms with Gasteiger partial charge < -0.3 is 10.6 Å². The number of carbonyl (C=O) groups is 1. The first-order valence-electron chi connectivity index (χ1n) is 10.6. The second kappa shape index (κ2) is 7.35. The molecule has 0 saturated heterocycles. The summed E-state index contributed by atoms with van der Waals surface area (Å²) in [6, 6.07) is 8.75. The average Bonchev–Trinajstić information content (AvgIpc) is 3.15. The van der Waals surface area contributed by atoms with Crippen molar-refractivity contribution in [3.8, 4) is 0 Å². The van der Waals surface area contributed by atoms with Gasteiger partial charge in [-0.1, -0.05) is 30.7 Å². The molecule has 1 amide bonds. The van der Waals surface area contributed by atoms with Crippen LogP contribution in [0.15, 0.2) is 47.6 Å². The molecule has 2 aliphatic carbocycles. The number of fused-ring (bicyclic) bond motifs is 1. The number of nitrogens with zero attached hydrogens (tertiary/aromatic N) is 2. The summed E-state index contributed by atoms with van der Waals surface area (Å²) in [4.78, 5) is 21.2. The number of rotatable bonds is 4. The minimum absolute atomic E-state index is 0.119. The lowest BCUT2D eigenvalue weighted by atomic mass is 9.63. The van der Waals surface area contributed by atoms with Crippen molar-refractivity contribution in [2.45, 2.75) is 61.9 Å². The highest BCUT2D eigenvalue weighted by Crippen LogP contribution is 2.45. The van der Waals surface area contributed by atoms with E-state index in [0.717, 1.165) is 23.7 Å². The monoisotopic (exact) mass is 428 g/mol. The number of hydrogen-bond donors (Lipinski definition) is 2. The van der Waals surface area contributed by atoms with Crippen molar-refractivity contribution >= 4 is 17.6 Å². The molecule has 0 radical (unpaired) electrons. The number of pyridine rings is 1. The molecule has 2 fully saturated rings. The lowest BCUT2D eigenvalue weighted by Crippen LogP contribution is -2.47. The van der Waals surface area contributed by atoms with Crippen LogP contribution < -0.4 is 10.6 Å². The molecule has 1 aromatic heterocycles. The second-order valence-corrected chi connectivity index (χ2v) is 8.66. The van der Waals surface area contributed by atoms with Crippen LogP contribution >= 0.6 is 0 Å². The number of anilines is 1. The average molecular weight is 428 g/mol. The SMILES string of the molecule is O=C(Nc1ccc(F)cn1)C1(c2ccc(C3=NC4C(CCCC4(F)F)N3)cc2)CCC1. The first kappa shape index (κ1) is 20.0. The first-order chi connectivity index (χ1) is 14.9. The van der Waals surface area contributed by atoms with E-state index in [4.69, 9.17) is 0 Å². The molecule has 2 N–H and O–H groups in total. The summed E-state index contributed by atoms with van der Waals surface area (Å²) in [6.45, 7) is 0. The molecular weight excluding hydrogens is 405 g/mol. The molecule has 1 aromatic carbocycles. The lowest BCUT2D eigenvalue weighted by Gasteiger charge is -2.40. The Balaban J connectivity index is 1.35. The minimum Gasteiger partial charge on any atom is -0.365 e. The van der Waals surface area contributed by atoms with E-state index < -0.39 is 23.2 Å². The fourth-order valence-electron chi connectivity index (χ4n) is 4.81. The van der Waals surface area contributed by atoms with Gasteiger partial charge in [0, 0.05) is 12.0 Å². The summed E-state index contributed by atoms with van der Waals surface area (Å²) in [6.07, 6.45) is 4.46. The van der Waals surface area contributed by atoms with Gasteiger partial charge in [-0.2, -0.15) is 0 Å². The fraction of sp³-hybridized carbons (Fsp3) is 0.435. The first-order valence-corrected chi connectivity index (χ1v) is 10.6. The van der Waals surface area contributed by atoms with Crippen molar-refractivity contribution in [1.29, 1.82) is 0 Å². The molecule has 0 spiro atoms. The zero-order chi connectivity index (χ0) is 21.6. The van der Waals surface area contributed by atoms with Gasteiger partial charge in [0.1, 0.15) is 23.5 Å². The van der Waals surface area contributed by atoms with Crippen molar-refractivity contribution in [3.63, 3.8) is 0 Å². The third-order valence-electron chi connectivity index (χ3n) is 6.75. The van der Waals surface area contributed by atoms with Crippen LogP contribution in [0, 0.1) is 5.82 Å². The van der Waals surface area contributed by atoms with Crippen LogP contribution in [-0.4, -0.2) is 34.7 Å². The summed E-state index contributed by atoms with van der Waals surface area (Å²) >= 11 is 0. The van der Waals surface area contributed by atoms with E-state index in [9.17, 15) is 18.0 Å². The van der Waals surface area contributed by atoms with Crippen molar-refractivity contribution in [3.05, 3.63) is 59.5 Å². The number of amidine groups is 1. The van der Waals surface area contributed by atoms with Crippen LogP contribution in [-0.2, 0) is 10.2 Å². The standard InChI is InChI=1S/C23H23F3N4O/c24-16-8-9-18(27-13-16)29-21(31)22(10-2-11-22)15-6-4-14(5-7-15)20-28-17-3-1-12-23(25,26)19(17)30-20/h4-9,13,17,19H,1-3,10-12H2,(H,28,30)(H,27,29,31). The molecule has 2 heterocycles. The highest BCUT2D eigenvalue weighted by molar-refractivity contribution is 6.01. The van der Waals surface area contributed by atoms with Crippen molar-refractivity contribution < 1.29 is 18.0 Å². The lowest BCUT2D eigenvalue weighted by molar-refractivity contribution is -0.124. The Morgan fingerprint density at radius 1 is 1.06 bits per heavy atom. The molecule has 3 aliphatic rings. The van der Waals surface area contributed by atoms with Gasteiger partial charge in [0.25, 0.3) is 5.92 Å². The van der Waals surface area contributed by atoms with E-state index in [1.165, 1.54) is 12.1 Å². The number of aromatic nitrogens is 1. The van der Waals surface area contributed by atoms with Gasteiger partial charge in [-0.15, -0.1) is 0 Å². The fourth-order valence-corrected chi connectivity index (χ4v) is 4.81. The van der Waals surface area contributed by atoms with Gasteiger partial charge in [0.05, 0.1) is 17.7 Å². The van der Waals surface area contributed by atoms with Gasteiger partial charge in [-0.05, 0) is 43.4 Å². The predicted molar refractivity (Wildman–Crippen MR) is 111 cm³/mol. The number of aliphatic imine (C=N–C) groups is 1. The Kier molecular flexibility index (Phi) is 4.75. The van der Waals surface area contributed by atoms with Crippen LogP contribution in [0.3, 0.4) is 0 Å². The molecule has 2 atom stereocenters. The van der Waals surface area contributed by atoms with E-state index in [1.54, 1.807) is 0 Å². The van der Waals surface area contributed by atoms with E-state index in [-0.39, 0.29) is 18.4 Å². The Morgan fingerprint density at radius 3 is 2.45 bits per heavy atom. The Labute approximate surface area is 178 Å². The molecule has 1 aliphatic heterocycles. The number of nitrogens with one attached hydrogen (secondary N) is 2. The van der Waals surface area contributed by atoms with Crippen LogP contribution in [0.25, 0.3) is 0 Å². The van der Waals surface area contributed by atoms with Crippen molar-refractivity contribution in [1.82, 2.24) is 10.3 Å². The van der Waals surface area contributed by atoms with Crippen LogP contribution in [0.5, 0.6) is 0 Å². The largest absolute Gasteiger partial charge is 0.365 e. The van der Waals surface area contributed by atoms with Crippen LogP contribution in [0.2, 0.25) is 0 Å². The number of alkyl halides is 2. The Bertz CT molecular complexity index is 1020. The van der Waals surface area contributed by atoms with Gasteiger partial charge in [-0.25, -0.2) is 18.2 Å². The van der Waals surface area contributed by atoms with Gasteiger partial charge in [-0.3, -0.25) is 9.79 Å². The zero-order valence-corrected chi connectivity index (χ0v) is 16.9. The topological polar surface area (TPSA) is 66.4 Å². The maximum atomic E-state index is 14.2. The third kappa shape index (κ3) is 3.47. The Hall–Kier alpha value is -2.90. The summed E-state index contributed by atoms with van der Waals surface area (Å²) in [5, 5.41) is 5.95. The molecule has 162 valence electrons. The summed E-state index contributed by atoms with van der Waals surface area (Å²) in [7, 11) is 0. The highest BCUT2D eigenvalue weighted by Gasteiger charge is 2.50. The maximum Gasteiger partial charge on any atom is 0.272 e. The normalized spacial score (nSPS) is 25.6. The number of hydrogen-bond acceptors (Lipinski definition) is 4. The third-order valence-corrected chi connectivity index (χ3v) is 6.75. The molecule has 5 nitrogen and oxygen atoms in total. The molecule has 2 aromatic rings. The van der Waals surface area contributed by atoms with Crippen LogP contribution in [0.4, 0.5) is 19.0 Å². The highest BCUT2D eigenvalue weighted by atomic mass is 19.3. The van der Waals surface area contributed by atoms with Crippen molar-refractivity contribution in [2.75, 3.05) is 5.32 Å². The molecule has 5 rings (SSSR count). The Morgan fingerprint density at radius 2 is 1.84 bits per heavy atom. The zero-order valence-electron chi connectivity index (χ0n) is 16.9. The number of amides is 1. The van der Waals surface area contributed by atoms with Gasteiger partial charge >= 0.3 is 0 Å². The van der Waals surface area contributed by atoms with Gasteiger partial charge in [0.2, 0.25) is 5.91 Å². The molecular formula is C23H23F3N4O. The smallest absolute Gasteiger partial charge is 0.272 e. The summed E-state index contributed by atoms with van der Waals surface area (Å²) in [5.41, 5.74) is 0.938. The van der Waals surface area contributed by atoms with E-state index in [0.29, 0.717) is 37.3 Å². The quantitative estimate of drug-likeness (QED) is 0.768. The van der Waals surface area contributed by atoms with Gasteiger partial charge in [0.15, 0.2) is 0 Å². The summed E-state index contributed by atoms with van der Waals surface area (Å²) in [5.74, 6) is -2.62. The number of carbonyl (C=O) groups excluding carboxylic acids is 1. The molecule has 8 heteroatoms. The van der Waals surface area contributed by atoms with Crippen LogP contribution in [0.1, 0.15) is 49.7 Å². The molecule has 0 bridgehead atoms. The molecule has 2 saturated carbocycles. The minimum atomic E-state index is -2.78. The maximum absolute atomic E-state index is 14.2. The summed E-state index contributed by atoms with van der Waals surface area (Å²) < 4.78 is 41.5. The molecule has 31 heavy (non-hydrogen) atoms. The number of benzene rings is 1. The van der Waals surface area contributed by atoms with E-state index in [1.807, 2.05) is 24.3 Å². The molecule has 2 unspecified atom stereocenters. The van der Waals surface area contributed by atoms with E-state index in [2.05, 4.69) is 20.6 Å². The van der Waals surface area contributed by atoms with E-state index >= 15 is 0 Å². The second-order valence-electron chi connectivity index (χ2n) is 8.66. The predicted octanol–water partition coefficient (Wildman–Crippen LogP) is 4.19. The number of halogens is 3.